The first-order valence-corrected chi connectivity index (χ1v) is 12.2. The zero-order chi connectivity index (χ0) is 25.0. The number of aromatic nitrogens is 1. The smallest absolute Gasteiger partial charge is 0.317 e. The summed E-state index contributed by atoms with van der Waals surface area (Å²) in [4.78, 5) is 21.3. The van der Waals surface area contributed by atoms with Crippen molar-refractivity contribution in [1.29, 1.82) is 0 Å². The van der Waals surface area contributed by atoms with Crippen LogP contribution < -0.4 is 15.0 Å². The van der Waals surface area contributed by atoms with Crippen LogP contribution in [0.4, 0.5) is 10.5 Å². The molecule has 7 heteroatoms. The van der Waals surface area contributed by atoms with Gasteiger partial charge in [0.15, 0.2) is 11.7 Å². The van der Waals surface area contributed by atoms with Crippen molar-refractivity contribution in [3.05, 3.63) is 65.7 Å². The summed E-state index contributed by atoms with van der Waals surface area (Å²) in [5.74, 6) is 2.06. The molecule has 0 unspecified atom stereocenters. The monoisotopic (exact) mass is 476 g/mol. The first-order valence-electron chi connectivity index (χ1n) is 12.2. The predicted molar refractivity (Wildman–Crippen MR) is 139 cm³/mol. The van der Waals surface area contributed by atoms with Gasteiger partial charge >= 0.3 is 6.03 Å². The number of nitrogens with one attached hydrogen (secondary N) is 1. The van der Waals surface area contributed by atoms with Crippen LogP contribution in [-0.2, 0) is 12.0 Å². The maximum absolute atomic E-state index is 12.9. The lowest BCUT2D eigenvalue weighted by molar-refractivity contribution is 0.201. The molecule has 2 amide bonds. The molecule has 1 aromatic heterocycles. The molecule has 2 aromatic carbocycles. The van der Waals surface area contributed by atoms with Crippen molar-refractivity contribution in [1.82, 2.24) is 15.2 Å². The Morgan fingerprint density at radius 3 is 2.51 bits per heavy atom. The third-order valence-electron chi connectivity index (χ3n) is 6.48. The van der Waals surface area contributed by atoms with Gasteiger partial charge in [0.1, 0.15) is 5.75 Å². The zero-order valence-corrected chi connectivity index (χ0v) is 21.4. The van der Waals surface area contributed by atoms with Crippen LogP contribution in [0.25, 0.3) is 11.3 Å². The zero-order valence-electron chi connectivity index (χ0n) is 21.4. The molecule has 1 N–H and O–H groups in total. The molecular formula is C28H36N4O3. The second-order valence-corrected chi connectivity index (χ2v) is 10.1. The van der Waals surface area contributed by atoms with Gasteiger partial charge in [-0.05, 0) is 35.1 Å². The fraction of sp³-hybridized carbons (Fsp3) is 0.429. The summed E-state index contributed by atoms with van der Waals surface area (Å²) in [5, 5.41) is 3.09. The number of hydrogen-bond acceptors (Lipinski definition) is 5. The maximum atomic E-state index is 12.9. The van der Waals surface area contributed by atoms with Crippen LogP contribution in [0.1, 0.15) is 44.2 Å². The Kier molecular flexibility index (Phi) is 7.34. The first-order chi connectivity index (χ1) is 16.7. The summed E-state index contributed by atoms with van der Waals surface area (Å²) in [6, 6.07) is 14.6. The highest BCUT2D eigenvalue weighted by molar-refractivity contribution is 5.74. The first kappa shape index (κ1) is 24.6. The van der Waals surface area contributed by atoms with Gasteiger partial charge in [-0.3, -0.25) is 0 Å². The molecule has 2 heterocycles. The molecule has 35 heavy (non-hydrogen) atoms. The highest BCUT2D eigenvalue weighted by Crippen LogP contribution is 2.34. The minimum atomic E-state index is -0.0136. The Balaban J connectivity index is 1.35. The summed E-state index contributed by atoms with van der Waals surface area (Å²) in [5.41, 5.74) is 4.47. The van der Waals surface area contributed by atoms with E-state index in [0.717, 1.165) is 48.6 Å². The van der Waals surface area contributed by atoms with E-state index in [0.29, 0.717) is 24.7 Å². The lowest BCUT2D eigenvalue weighted by atomic mass is 9.87. The van der Waals surface area contributed by atoms with Crippen LogP contribution >= 0.6 is 0 Å². The van der Waals surface area contributed by atoms with Gasteiger partial charge in [0.2, 0.25) is 0 Å². The average molecular weight is 477 g/mol. The number of methoxy groups -OCH3 is 1. The summed E-state index contributed by atoms with van der Waals surface area (Å²) >= 11 is 0. The number of hydrogen-bond donors (Lipinski definition) is 1. The van der Waals surface area contributed by atoms with E-state index in [-0.39, 0.29) is 11.4 Å². The van der Waals surface area contributed by atoms with Crippen LogP contribution in [0, 0.1) is 6.92 Å². The highest BCUT2D eigenvalue weighted by atomic mass is 16.5. The molecule has 0 spiro atoms. The lowest BCUT2D eigenvalue weighted by Crippen LogP contribution is -2.41. The number of benzene rings is 2. The second-order valence-electron chi connectivity index (χ2n) is 10.1. The highest BCUT2D eigenvalue weighted by Gasteiger charge is 2.21. The molecule has 1 aliphatic heterocycles. The molecule has 3 aromatic rings. The summed E-state index contributed by atoms with van der Waals surface area (Å²) in [6.07, 6.45) is 2.62. The molecule has 0 bridgehead atoms. The lowest BCUT2D eigenvalue weighted by Gasteiger charge is -2.24. The Bertz CT molecular complexity index is 1150. The predicted octanol–water partition coefficient (Wildman–Crippen LogP) is 5.38. The van der Waals surface area contributed by atoms with Gasteiger partial charge < -0.3 is 24.3 Å². The van der Waals surface area contributed by atoms with Gasteiger partial charge in [0.25, 0.3) is 0 Å². The van der Waals surface area contributed by atoms with E-state index in [1.54, 1.807) is 13.3 Å². The molecule has 0 aliphatic carbocycles. The SMILES string of the molecule is COc1cc(N2CCCN(C(=O)NCc3ccc(C(C)(C)C)cc3)CC2)ccc1-c1cnc(C)o1. The number of anilines is 1. The Labute approximate surface area is 208 Å². The molecule has 186 valence electrons. The van der Waals surface area contributed by atoms with E-state index in [2.05, 4.69) is 66.3 Å². The number of ether oxygens (including phenoxy) is 1. The van der Waals surface area contributed by atoms with Crippen molar-refractivity contribution < 1.29 is 13.9 Å². The van der Waals surface area contributed by atoms with Crippen LogP contribution in [0.15, 0.2) is 53.1 Å². The minimum Gasteiger partial charge on any atom is -0.496 e. The van der Waals surface area contributed by atoms with Crippen LogP contribution in [0.3, 0.4) is 0 Å². The van der Waals surface area contributed by atoms with E-state index in [1.165, 1.54) is 5.56 Å². The van der Waals surface area contributed by atoms with E-state index in [1.807, 2.05) is 24.0 Å². The Hall–Kier alpha value is -3.48. The molecule has 1 saturated heterocycles. The van der Waals surface area contributed by atoms with Gasteiger partial charge in [-0.15, -0.1) is 0 Å². The molecule has 0 atom stereocenters. The third-order valence-corrected chi connectivity index (χ3v) is 6.48. The van der Waals surface area contributed by atoms with Crippen molar-refractivity contribution in [2.45, 2.75) is 46.1 Å². The molecule has 0 radical (unpaired) electrons. The van der Waals surface area contributed by atoms with Crippen LogP contribution in [0.2, 0.25) is 0 Å². The second kappa shape index (κ2) is 10.4. The van der Waals surface area contributed by atoms with E-state index in [9.17, 15) is 4.79 Å². The van der Waals surface area contributed by atoms with Crippen molar-refractivity contribution >= 4 is 11.7 Å². The largest absolute Gasteiger partial charge is 0.496 e. The quantitative estimate of drug-likeness (QED) is 0.535. The van der Waals surface area contributed by atoms with Crippen LogP contribution in [0.5, 0.6) is 5.75 Å². The summed E-state index contributed by atoms with van der Waals surface area (Å²) < 4.78 is 11.3. The molecule has 1 fully saturated rings. The fourth-order valence-corrected chi connectivity index (χ4v) is 4.36. The molecule has 4 rings (SSSR count). The average Bonchev–Trinajstić information content (AvgIpc) is 3.12. The number of carbonyl (C=O) groups excluding carboxylic acids is 1. The maximum Gasteiger partial charge on any atom is 0.317 e. The number of rotatable bonds is 5. The van der Waals surface area contributed by atoms with E-state index >= 15 is 0 Å². The van der Waals surface area contributed by atoms with Crippen molar-refractivity contribution in [3.63, 3.8) is 0 Å². The molecule has 0 saturated carbocycles. The van der Waals surface area contributed by atoms with Gasteiger partial charge in [0.05, 0.1) is 18.9 Å². The van der Waals surface area contributed by atoms with Crippen molar-refractivity contribution in [2.24, 2.45) is 0 Å². The standard InChI is InChI=1S/C28H36N4O3/c1-20-29-19-26(35-20)24-12-11-23(17-25(24)34-5)31-13-6-14-32(16-15-31)27(33)30-18-21-7-9-22(10-8-21)28(2,3)4/h7-12,17,19H,6,13-16,18H2,1-5H3,(H,30,33). The number of carbonyl (C=O) groups is 1. The number of amides is 2. The van der Waals surface area contributed by atoms with Crippen molar-refractivity contribution in [2.75, 3.05) is 38.2 Å². The molecule has 7 nitrogen and oxygen atoms in total. The number of oxazole rings is 1. The normalized spacial score (nSPS) is 14.5. The molecule has 1 aliphatic rings. The fourth-order valence-electron chi connectivity index (χ4n) is 4.36. The Morgan fingerprint density at radius 1 is 1.09 bits per heavy atom. The van der Waals surface area contributed by atoms with Gasteiger partial charge in [-0.1, -0.05) is 45.0 Å². The number of urea groups is 1. The summed E-state index contributed by atoms with van der Waals surface area (Å²) in [7, 11) is 1.66. The number of aryl methyl sites for hydroxylation is 1. The van der Waals surface area contributed by atoms with Crippen LogP contribution in [-0.4, -0.2) is 49.2 Å². The third kappa shape index (κ3) is 5.96. The molecular weight excluding hydrogens is 440 g/mol. The van der Waals surface area contributed by atoms with Crippen molar-refractivity contribution in [3.8, 4) is 17.1 Å². The van der Waals surface area contributed by atoms with E-state index < -0.39 is 0 Å². The summed E-state index contributed by atoms with van der Waals surface area (Å²) in [6.45, 7) is 12.0. The van der Waals surface area contributed by atoms with Gasteiger partial charge in [-0.25, -0.2) is 9.78 Å². The van der Waals surface area contributed by atoms with Gasteiger partial charge in [0, 0.05) is 51.4 Å². The Morgan fingerprint density at radius 2 is 1.86 bits per heavy atom. The number of nitrogens with zero attached hydrogens (tertiary/aromatic N) is 3. The minimum absolute atomic E-state index is 0.0136. The topological polar surface area (TPSA) is 70.8 Å². The van der Waals surface area contributed by atoms with Gasteiger partial charge in [-0.2, -0.15) is 0 Å². The van der Waals surface area contributed by atoms with E-state index in [4.69, 9.17) is 9.15 Å².